The van der Waals surface area contributed by atoms with Crippen LogP contribution in [0.25, 0.3) is 5.70 Å². The molecule has 1 aromatic rings. The molecule has 1 rings (SSSR count). The summed E-state index contributed by atoms with van der Waals surface area (Å²) in [7, 11) is -1.02. The predicted octanol–water partition coefficient (Wildman–Crippen LogP) is 2.01. The predicted molar refractivity (Wildman–Crippen MR) is 65.1 cm³/mol. The summed E-state index contributed by atoms with van der Waals surface area (Å²) in [6.07, 6.45) is 3.52. The Kier molecular flexibility index (Phi) is 4.22. The molecule has 1 unspecified atom stereocenters. The lowest BCUT2D eigenvalue weighted by atomic mass is 10.2. The van der Waals surface area contributed by atoms with E-state index in [0.717, 1.165) is 9.80 Å². The highest BCUT2D eigenvalue weighted by molar-refractivity contribution is 8.16. The van der Waals surface area contributed by atoms with Gasteiger partial charge in [0.05, 0.1) is 20.7 Å². The van der Waals surface area contributed by atoms with E-state index in [4.69, 9.17) is 5.73 Å². The molecule has 4 heteroatoms. The van der Waals surface area contributed by atoms with Crippen LogP contribution in [0.15, 0.2) is 34.6 Å². The molecule has 0 aliphatic rings. The first-order chi connectivity index (χ1) is 6.66. The van der Waals surface area contributed by atoms with Crippen molar-refractivity contribution in [3.8, 4) is 0 Å². The van der Waals surface area contributed by atoms with E-state index >= 15 is 0 Å². The zero-order valence-corrected chi connectivity index (χ0v) is 9.82. The van der Waals surface area contributed by atoms with Crippen LogP contribution in [0.4, 0.5) is 0 Å². The molecule has 0 saturated carbocycles. The summed E-state index contributed by atoms with van der Waals surface area (Å²) >= 11 is 1.44. The van der Waals surface area contributed by atoms with Crippen LogP contribution in [0.3, 0.4) is 0 Å². The molecule has 0 bridgehead atoms. The quantitative estimate of drug-likeness (QED) is 0.859. The molecule has 1 atom stereocenters. The van der Waals surface area contributed by atoms with E-state index in [2.05, 4.69) is 0 Å². The molecule has 0 aliphatic heterocycles. The fourth-order valence-corrected chi connectivity index (χ4v) is 2.82. The molecule has 0 spiro atoms. The highest BCUT2D eigenvalue weighted by Gasteiger charge is 2.07. The summed E-state index contributed by atoms with van der Waals surface area (Å²) in [5.74, 6) is 0. The monoisotopic (exact) mass is 227 g/mol. The van der Waals surface area contributed by atoms with Gasteiger partial charge in [-0.05, 0) is 11.8 Å². The van der Waals surface area contributed by atoms with E-state index in [9.17, 15) is 4.21 Å². The number of hydrogen-bond acceptors (Lipinski definition) is 3. The first kappa shape index (κ1) is 11.3. The average Bonchev–Trinajstić information content (AvgIpc) is 2.19. The molecule has 0 amide bonds. The second-order valence-corrected chi connectivity index (χ2v) is 5.12. The topological polar surface area (TPSA) is 43.1 Å². The lowest BCUT2D eigenvalue weighted by molar-refractivity contribution is 0.691. The first-order valence-corrected chi connectivity index (χ1v) is 6.87. The minimum atomic E-state index is -1.02. The van der Waals surface area contributed by atoms with Crippen LogP contribution in [-0.4, -0.2) is 16.7 Å². The molecule has 0 heterocycles. The highest BCUT2D eigenvalue weighted by atomic mass is 32.2. The van der Waals surface area contributed by atoms with E-state index in [-0.39, 0.29) is 0 Å². The summed E-state index contributed by atoms with van der Waals surface area (Å²) in [5.41, 5.74) is 7.45. The summed E-state index contributed by atoms with van der Waals surface area (Å²) in [4.78, 5) is 0. The maximum atomic E-state index is 11.3. The second-order valence-electron chi connectivity index (χ2n) is 2.73. The molecule has 0 saturated heterocycles. The van der Waals surface area contributed by atoms with Crippen molar-refractivity contribution in [2.75, 3.05) is 12.5 Å². The Hall–Kier alpha value is -0.740. The SMILES string of the molecule is CS/C(=C(\N)c1ccccc1)S(C)=O. The van der Waals surface area contributed by atoms with Crippen molar-refractivity contribution >= 4 is 28.3 Å². The van der Waals surface area contributed by atoms with Crippen LogP contribution < -0.4 is 5.73 Å². The van der Waals surface area contributed by atoms with Gasteiger partial charge in [0.1, 0.15) is 0 Å². The van der Waals surface area contributed by atoms with E-state index in [0.29, 0.717) is 5.70 Å². The highest BCUT2D eigenvalue weighted by Crippen LogP contribution is 2.23. The van der Waals surface area contributed by atoms with E-state index in [1.807, 2.05) is 36.6 Å². The van der Waals surface area contributed by atoms with E-state index < -0.39 is 10.8 Å². The van der Waals surface area contributed by atoms with E-state index in [1.54, 1.807) is 6.26 Å². The zero-order chi connectivity index (χ0) is 10.6. The smallest absolute Gasteiger partial charge is 0.0946 e. The molecule has 2 nitrogen and oxygen atoms in total. The Morgan fingerprint density at radius 3 is 2.36 bits per heavy atom. The number of thioether (sulfide) groups is 1. The van der Waals surface area contributed by atoms with Crippen molar-refractivity contribution in [1.29, 1.82) is 0 Å². The molecular weight excluding hydrogens is 214 g/mol. The van der Waals surface area contributed by atoms with Crippen LogP contribution in [0, 0.1) is 0 Å². The number of rotatable bonds is 3. The van der Waals surface area contributed by atoms with Crippen LogP contribution in [-0.2, 0) is 10.8 Å². The van der Waals surface area contributed by atoms with Crippen LogP contribution >= 0.6 is 11.8 Å². The summed E-state index contributed by atoms with van der Waals surface area (Å²) in [6, 6.07) is 9.59. The van der Waals surface area contributed by atoms with Gasteiger partial charge in [0.25, 0.3) is 0 Å². The standard InChI is InChI=1S/C10H13NOS2/c1-13-10(14(2)12)9(11)8-6-4-3-5-7-8/h3-7H,11H2,1-2H3/b10-9+. The van der Waals surface area contributed by atoms with Crippen molar-refractivity contribution in [1.82, 2.24) is 0 Å². The molecular formula is C10H13NOS2. The van der Waals surface area contributed by atoms with Crippen LogP contribution in [0.1, 0.15) is 5.56 Å². The second kappa shape index (κ2) is 5.22. The zero-order valence-electron chi connectivity index (χ0n) is 8.19. The minimum absolute atomic E-state index is 0.610. The Balaban J connectivity index is 3.15. The molecule has 76 valence electrons. The number of benzene rings is 1. The minimum Gasteiger partial charge on any atom is -0.397 e. The summed E-state index contributed by atoms with van der Waals surface area (Å²) in [6.45, 7) is 0. The van der Waals surface area contributed by atoms with Gasteiger partial charge in [0, 0.05) is 6.26 Å². The van der Waals surface area contributed by atoms with Gasteiger partial charge in [0.15, 0.2) is 0 Å². The third-order valence-electron chi connectivity index (χ3n) is 1.75. The summed E-state index contributed by atoms with van der Waals surface area (Å²) in [5, 5.41) is 0. The number of nitrogens with two attached hydrogens (primary N) is 1. The fourth-order valence-electron chi connectivity index (χ4n) is 1.12. The van der Waals surface area contributed by atoms with Crippen molar-refractivity contribution in [2.24, 2.45) is 5.73 Å². The van der Waals surface area contributed by atoms with Gasteiger partial charge >= 0.3 is 0 Å². The Morgan fingerprint density at radius 2 is 1.93 bits per heavy atom. The molecule has 14 heavy (non-hydrogen) atoms. The molecule has 1 aromatic carbocycles. The Labute approximate surface area is 91.0 Å². The average molecular weight is 227 g/mol. The van der Waals surface area contributed by atoms with Gasteiger partial charge in [-0.25, -0.2) is 0 Å². The third kappa shape index (κ3) is 2.62. The summed E-state index contributed by atoms with van der Waals surface area (Å²) < 4.78 is 12.1. The van der Waals surface area contributed by atoms with Gasteiger partial charge < -0.3 is 5.73 Å². The lowest BCUT2D eigenvalue weighted by Crippen LogP contribution is -2.02. The third-order valence-corrected chi connectivity index (χ3v) is 4.29. The molecule has 2 N–H and O–H groups in total. The van der Waals surface area contributed by atoms with Crippen LogP contribution in [0.5, 0.6) is 0 Å². The van der Waals surface area contributed by atoms with Crippen molar-refractivity contribution in [2.45, 2.75) is 0 Å². The molecule has 0 radical (unpaired) electrons. The molecule has 0 fully saturated rings. The fraction of sp³-hybridized carbons (Fsp3) is 0.200. The Bertz CT molecular complexity index is 360. The van der Waals surface area contributed by atoms with Crippen LogP contribution in [0.2, 0.25) is 0 Å². The normalized spacial score (nSPS) is 14.7. The van der Waals surface area contributed by atoms with Crippen molar-refractivity contribution in [3.63, 3.8) is 0 Å². The van der Waals surface area contributed by atoms with Gasteiger partial charge in [0.2, 0.25) is 0 Å². The molecule has 0 aliphatic carbocycles. The van der Waals surface area contributed by atoms with Gasteiger partial charge in [-0.15, -0.1) is 11.8 Å². The maximum absolute atomic E-state index is 11.3. The number of hydrogen-bond donors (Lipinski definition) is 1. The van der Waals surface area contributed by atoms with Crippen molar-refractivity contribution < 1.29 is 4.21 Å². The van der Waals surface area contributed by atoms with Crippen molar-refractivity contribution in [3.05, 3.63) is 40.1 Å². The van der Waals surface area contributed by atoms with Gasteiger partial charge in [-0.1, -0.05) is 30.3 Å². The Morgan fingerprint density at radius 1 is 1.36 bits per heavy atom. The van der Waals surface area contributed by atoms with Gasteiger partial charge in [-0.2, -0.15) is 0 Å². The first-order valence-electron chi connectivity index (χ1n) is 4.09. The molecule has 0 aromatic heterocycles. The lowest BCUT2D eigenvalue weighted by Gasteiger charge is -2.06. The van der Waals surface area contributed by atoms with Gasteiger partial charge in [-0.3, -0.25) is 4.21 Å². The largest absolute Gasteiger partial charge is 0.397 e. The van der Waals surface area contributed by atoms with E-state index in [1.165, 1.54) is 11.8 Å². The maximum Gasteiger partial charge on any atom is 0.0946 e.